The van der Waals surface area contributed by atoms with Gasteiger partial charge in [0.05, 0.1) is 5.56 Å². The summed E-state index contributed by atoms with van der Waals surface area (Å²) in [7, 11) is 7.58. The number of hydrogen-bond donors (Lipinski definition) is 1. The minimum absolute atomic E-state index is 0.0301. The van der Waals surface area contributed by atoms with Crippen molar-refractivity contribution in [1.29, 1.82) is 0 Å². The zero-order chi connectivity index (χ0) is 13.3. The average Bonchev–Trinajstić information content (AvgIpc) is 2.83. The fourth-order valence-corrected chi connectivity index (χ4v) is 2.81. The highest BCUT2D eigenvalue weighted by Crippen LogP contribution is 2.25. The first kappa shape index (κ1) is 12.9. The first-order valence-corrected chi connectivity index (χ1v) is 6.76. The molecule has 1 saturated heterocycles. The Bertz CT molecular complexity index is 563. The molecular formula is C12H18N4OS. The standard InChI is InChI=1S/C12H18N4OS/c1-14(2)11-9(12(17)16(4)13-11)5-6-10-15(3)7-8-18-10/h5,13H,7-8H2,1-4H3. The van der Waals surface area contributed by atoms with Crippen LogP contribution in [0.1, 0.15) is 5.56 Å². The van der Waals surface area contributed by atoms with E-state index >= 15 is 0 Å². The Morgan fingerprint density at radius 2 is 2.17 bits per heavy atom. The number of aromatic nitrogens is 2. The number of nitrogens with zero attached hydrogens (tertiary/aromatic N) is 3. The van der Waals surface area contributed by atoms with Crippen molar-refractivity contribution in [1.82, 2.24) is 14.7 Å². The van der Waals surface area contributed by atoms with Crippen LogP contribution >= 0.6 is 11.8 Å². The van der Waals surface area contributed by atoms with Crippen molar-refractivity contribution in [2.45, 2.75) is 0 Å². The summed E-state index contributed by atoms with van der Waals surface area (Å²) in [5.74, 6) is 1.89. The zero-order valence-electron chi connectivity index (χ0n) is 11.1. The van der Waals surface area contributed by atoms with E-state index in [9.17, 15) is 4.79 Å². The van der Waals surface area contributed by atoms with E-state index in [1.54, 1.807) is 24.9 Å². The lowest BCUT2D eigenvalue weighted by Gasteiger charge is -2.10. The van der Waals surface area contributed by atoms with Crippen LogP contribution in [0.15, 0.2) is 15.6 Å². The van der Waals surface area contributed by atoms with E-state index < -0.39 is 0 Å². The first-order chi connectivity index (χ1) is 8.50. The fraction of sp³-hybridized carbons (Fsp3) is 0.500. The smallest absolute Gasteiger partial charge is 0.276 e. The van der Waals surface area contributed by atoms with Gasteiger partial charge in [-0.25, -0.2) is 0 Å². The van der Waals surface area contributed by atoms with Crippen molar-refractivity contribution in [3.8, 4) is 0 Å². The van der Waals surface area contributed by atoms with E-state index in [2.05, 4.69) is 15.7 Å². The molecule has 18 heavy (non-hydrogen) atoms. The van der Waals surface area contributed by atoms with Crippen LogP contribution in [0.25, 0.3) is 6.08 Å². The second-order valence-electron chi connectivity index (χ2n) is 4.50. The first-order valence-electron chi connectivity index (χ1n) is 5.77. The molecule has 2 rings (SSSR count). The molecule has 0 radical (unpaired) electrons. The molecule has 1 N–H and O–H groups in total. The third-order valence-electron chi connectivity index (χ3n) is 2.86. The van der Waals surface area contributed by atoms with E-state index in [0.29, 0.717) is 5.56 Å². The molecule has 6 heteroatoms. The van der Waals surface area contributed by atoms with Crippen molar-refractivity contribution >= 4 is 23.7 Å². The average molecular weight is 266 g/mol. The Morgan fingerprint density at radius 1 is 1.44 bits per heavy atom. The zero-order valence-corrected chi connectivity index (χ0v) is 12.0. The minimum Gasteiger partial charge on any atom is -0.363 e. The van der Waals surface area contributed by atoms with Gasteiger partial charge in [-0.2, -0.15) is 0 Å². The summed E-state index contributed by atoms with van der Waals surface area (Å²) >= 11 is 1.76. The van der Waals surface area contributed by atoms with Crippen LogP contribution in [0.4, 0.5) is 5.82 Å². The molecule has 0 spiro atoms. The molecule has 0 unspecified atom stereocenters. The van der Waals surface area contributed by atoms with Gasteiger partial charge in [0.15, 0.2) is 0 Å². The molecular weight excluding hydrogens is 248 g/mol. The maximum Gasteiger partial charge on any atom is 0.276 e. The molecule has 0 aromatic carbocycles. The maximum absolute atomic E-state index is 12.0. The summed E-state index contributed by atoms with van der Waals surface area (Å²) < 4.78 is 1.49. The largest absolute Gasteiger partial charge is 0.363 e. The summed E-state index contributed by atoms with van der Waals surface area (Å²) in [6, 6.07) is 0. The Morgan fingerprint density at radius 3 is 2.72 bits per heavy atom. The van der Waals surface area contributed by atoms with Crippen LogP contribution in [0.5, 0.6) is 0 Å². The van der Waals surface area contributed by atoms with E-state index in [-0.39, 0.29) is 5.56 Å². The molecule has 1 aliphatic heterocycles. The van der Waals surface area contributed by atoms with E-state index in [4.69, 9.17) is 0 Å². The van der Waals surface area contributed by atoms with Gasteiger partial charge in [0.2, 0.25) is 0 Å². The van der Waals surface area contributed by atoms with Crippen LogP contribution in [-0.4, -0.2) is 48.1 Å². The number of nitrogens with one attached hydrogen (secondary N) is 1. The molecule has 1 aliphatic rings. The number of aromatic amines is 1. The Balaban J connectivity index is 2.46. The highest BCUT2D eigenvalue weighted by Gasteiger charge is 2.14. The highest BCUT2D eigenvalue weighted by molar-refractivity contribution is 8.03. The van der Waals surface area contributed by atoms with Gasteiger partial charge in [0.1, 0.15) is 10.8 Å². The quantitative estimate of drug-likeness (QED) is 0.808. The highest BCUT2D eigenvalue weighted by atomic mass is 32.2. The number of H-pyrrole nitrogens is 1. The molecule has 98 valence electrons. The van der Waals surface area contributed by atoms with Crippen LogP contribution in [0, 0.1) is 0 Å². The third-order valence-corrected chi connectivity index (χ3v) is 3.95. The Labute approximate surface area is 111 Å². The summed E-state index contributed by atoms with van der Waals surface area (Å²) in [6.07, 6.45) is 1.78. The van der Waals surface area contributed by atoms with Gasteiger partial charge in [0.25, 0.3) is 5.56 Å². The monoisotopic (exact) mass is 266 g/mol. The van der Waals surface area contributed by atoms with E-state index in [0.717, 1.165) is 23.1 Å². The lowest BCUT2D eigenvalue weighted by Crippen LogP contribution is -2.13. The molecule has 2 heterocycles. The van der Waals surface area contributed by atoms with Crippen molar-refractivity contribution in [3.05, 3.63) is 26.7 Å². The summed E-state index contributed by atoms with van der Waals surface area (Å²) in [4.78, 5) is 16.0. The van der Waals surface area contributed by atoms with Gasteiger partial charge in [-0.15, -0.1) is 0 Å². The molecule has 0 bridgehead atoms. The summed E-state index contributed by atoms with van der Waals surface area (Å²) in [5, 5.41) is 4.11. The maximum atomic E-state index is 12.0. The lowest BCUT2D eigenvalue weighted by molar-refractivity contribution is 0.494. The molecule has 0 saturated carbocycles. The van der Waals surface area contributed by atoms with Crippen molar-refractivity contribution in [3.63, 3.8) is 0 Å². The Hall–Kier alpha value is -1.52. The number of thioether (sulfide) groups is 1. The number of rotatable bonds is 2. The lowest BCUT2D eigenvalue weighted by atomic mass is 10.3. The molecule has 0 amide bonds. The van der Waals surface area contributed by atoms with Crippen LogP contribution in [0.2, 0.25) is 0 Å². The predicted octanol–water partition coefficient (Wildman–Crippen LogP) is 0.912. The molecule has 1 aromatic heterocycles. The van der Waals surface area contributed by atoms with E-state index in [1.807, 2.05) is 26.0 Å². The minimum atomic E-state index is -0.0301. The van der Waals surface area contributed by atoms with Gasteiger partial charge in [-0.05, 0) is 6.08 Å². The van der Waals surface area contributed by atoms with Gasteiger partial charge in [-0.1, -0.05) is 17.5 Å². The normalized spacial score (nSPS) is 14.9. The summed E-state index contributed by atoms with van der Waals surface area (Å²) in [5.41, 5.74) is 3.84. The molecule has 1 fully saturated rings. The van der Waals surface area contributed by atoms with Crippen LogP contribution < -0.4 is 10.5 Å². The second kappa shape index (κ2) is 5.00. The molecule has 1 aromatic rings. The number of anilines is 1. The van der Waals surface area contributed by atoms with E-state index in [1.165, 1.54) is 4.68 Å². The van der Waals surface area contributed by atoms with Gasteiger partial charge in [-0.3, -0.25) is 14.6 Å². The predicted molar refractivity (Wildman–Crippen MR) is 76.9 cm³/mol. The SMILES string of the molecule is CN1CCSC1=C=Cc1c(N(C)C)[nH]n(C)c1=O. The number of hydrogen-bond acceptors (Lipinski definition) is 4. The molecule has 5 nitrogen and oxygen atoms in total. The van der Waals surface area contributed by atoms with Crippen molar-refractivity contribution < 1.29 is 0 Å². The number of aryl methyl sites for hydroxylation is 1. The van der Waals surface area contributed by atoms with Gasteiger partial charge in [0, 0.05) is 40.5 Å². The fourth-order valence-electron chi connectivity index (χ4n) is 1.80. The van der Waals surface area contributed by atoms with Crippen molar-refractivity contribution in [2.24, 2.45) is 7.05 Å². The van der Waals surface area contributed by atoms with Crippen LogP contribution in [-0.2, 0) is 7.05 Å². The van der Waals surface area contributed by atoms with Crippen LogP contribution in [0.3, 0.4) is 0 Å². The van der Waals surface area contributed by atoms with Crippen molar-refractivity contribution in [2.75, 3.05) is 38.3 Å². The third kappa shape index (κ3) is 2.35. The van der Waals surface area contributed by atoms with Gasteiger partial charge < -0.3 is 9.80 Å². The summed E-state index contributed by atoms with van der Waals surface area (Å²) in [6.45, 7) is 1.03. The molecule has 0 aliphatic carbocycles. The van der Waals surface area contributed by atoms with Gasteiger partial charge >= 0.3 is 0 Å². The topological polar surface area (TPSA) is 44.3 Å². The Kier molecular flexibility index (Phi) is 3.59. The second-order valence-corrected chi connectivity index (χ2v) is 5.58. The molecule has 0 atom stereocenters.